The summed E-state index contributed by atoms with van der Waals surface area (Å²) in [5, 5.41) is 1.59. The zero-order chi connectivity index (χ0) is 14.5. The van der Waals surface area contributed by atoms with E-state index in [4.69, 9.17) is 11.6 Å². The normalized spacial score (nSPS) is 11.7. The Bertz CT molecular complexity index is 565. The van der Waals surface area contributed by atoms with Gasteiger partial charge in [0.1, 0.15) is 0 Å². The van der Waals surface area contributed by atoms with Gasteiger partial charge in [0.15, 0.2) is 0 Å². The summed E-state index contributed by atoms with van der Waals surface area (Å²) < 4.78 is 25.4. The second-order valence-corrected chi connectivity index (χ2v) is 6.10. The number of rotatable bonds is 5. The number of carbonyl (C=O) groups is 1. The Labute approximate surface area is 117 Å². The first-order valence-electron chi connectivity index (χ1n) is 5.43. The van der Waals surface area contributed by atoms with Crippen LogP contribution in [0.4, 0.5) is 0 Å². The Morgan fingerprint density at radius 2 is 1.89 bits per heavy atom. The molecule has 1 aromatic rings. The van der Waals surface area contributed by atoms with Crippen molar-refractivity contribution in [3.63, 3.8) is 0 Å². The van der Waals surface area contributed by atoms with E-state index in [2.05, 4.69) is 4.72 Å². The Morgan fingerprint density at radius 3 is 2.42 bits per heavy atom. The number of benzene rings is 1. The standard InChI is InChI=1S/C12H15ClN2O3S/c1-15(2)12(16)9-14-19(17,18)8-7-10-3-5-11(13)6-4-10/h3-8,14H,9H2,1-2H3/b8-7+. The predicted octanol–water partition coefficient (Wildman–Crippen LogP) is 1.32. The van der Waals surface area contributed by atoms with Crippen LogP contribution in [0.1, 0.15) is 5.56 Å². The van der Waals surface area contributed by atoms with Crippen molar-refractivity contribution in [1.29, 1.82) is 0 Å². The number of carbonyl (C=O) groups excluding carboxylic acids is 1. The second-order valence-electron chi connectivity index (χ2n) is 4.01. The number of hydrogen-bond acceptors (Lipinski definition) is 3. The summed E-state index contributed by atoms with van der Waals surface area (Å²) in [4.78, 5) is 12.6. The number of likely N-dealkylation sites (N-methyl/N-ethyl adjacent to an activating group) is 1. The van der Waals surface area contributed by atoms with Crippen molar-refractivity contribution in [2.24, 2.45) is 0 Å². The van der Waals surface area contributed by atoms with Crippen molar-refractivity contribution in [2.45, 2.75) is 0 Å². The molecule has 0 saturated heterocycles. The minimum atomic E-state index is -3.63. The van der Waals surface area contributed by atoms with Crippen LogP contribution in [0, 0.1) is 0 Å². The minimum Gasteiger partial charge on any atom is -0.348 e. The topological polar surface area (TPSA) is 66.5 Å². The molecule has 0 bridgehead atoms. The van der Waals surface area contributed by atoms with E-state index in [0.29, 0.717) is 10.6 Å². The molecule has 0 fully saturated rings. The highest BCUT2D eigenvalue weighted by Crippen LogP contribution is 2.10. The number of amides is 1. The molecule has 1 N–H and O–H groups in total. The summed E-state index contributed by atoms with van der Waals surface area (Å²) in [6, 6.07) is 6.71. The molecule has 0 aliphatic rings. The third-order valence-electron chi connectivity index (χ3n) is 2.23. The molecule has 0 saturated carbocycles. The van der Waals surface area contributed by atoms with Crippen LogP contribution in [-0.4, -0.2) is 39.9 Å². The molecular weight excluding hydrogens is 288 g/mol. The van der Waals surface area contributed by atoms with Crippen molar-refractivity contribution in [2.75, 3.05) is 20.6 Å². The van der Waals surface area contributed by atoms with Crippen molar-refractivity contribution >= 4 is 33.6 Å². The van der Waals surface area contributed by atoms with E-state index in [1.165, 1.54) is 11.0 Å². The SMILES string of the molecule is CN(C)C(=O)CNS(=O)(=O)/C=C/c1ccc(Cl)cc1. The minimum absolute atomic E-state index is 0.264. The Balaban J connectivity index is 2.64. The summed E-state index contributed by atoms with van der Waals surface area (Å²) in [7, 11) is -0.518. The first-order chi connectivity index (χ1) is 8.80. The van der Waals surface area contributed by atoms with Gasteiger partial charge in [-0.05, 0) is 23.8 Å². The van der Waals surface area contributed by atoms with Gasteiger partial charge in [0.05, 0.1) is 6.54 Å². The predicted molar refractivity (Wildman–Crippen MR) is 76.1 cm³/mol. The maximum atomic E-state index is 11.6. The lowest BCUT2D eigenvalue weighted by atomic mass is 10.2. The zero-order valence-corrected chi connectivity index (χ0v) is 12.2. The molecule has 1 rings (SSSR count). The molecule has 0 radical (unpaired) electrons. The molecule has 0 atom stereocenters. The van der Waals surface area contributed by atoms with Gasteiger partial charge in [0, 0.05) is 24.5 Å². The summed E-state index contributed by atoms with van der Waals surface area (Å²) in [5.41, 5.74) is 0.703. The van der Waals surface area contributed by atoms with Crippen molar-refractivity contribution < 1.29 is 13.2 Å². The summed E-state index contributed by atoms with van der Waals surface area (Å²) in [5.74, 6) is -0.316. The Kier molecular flexibility index (Phi) is 5.53. The molecule has 0 unspecified atom stereocenters. The molecule has 7 heteroatoms. The van der Waals surface area contributed by atoms with Gasteiger partial charge in [-0.25, -0.2) is 13.1 Å². The van der Waals surface area contributed by atoms with Crippen LogP contribution in [0.15, 0.2) is 29.7 Å². The van der Waals surface area contributed by atoms with Crippen LogP contribution in [-0.2, 0) is 14.8 Å². The summed E-state index contributed by atoms with van der Waals surface area (Å²) in [6.45, 7) is -0.264. The number of sulfonamides is 1. The number of hydrogen-bond donors (Lipinski definition) is 1. The largest absolute Gasteiger partial charge is 0.348 e. The summed E-state index contributed by atoms with van der Waals surface area (Å²) in [6.07, 6.45) is 1.43. The molecule has 104 valence electrons. The lowest BCUT2D eigenvalue weighted by molar-refractivity contribution is -0.127. The van der Waals surface area contributed by atoms with Crippen molar-refractivity contribution in [1.82, 2.24) is 9.62 Å². The maximum Gasteiger partial charge on any atom is 0.237 e. The smallest absolute Gasteiger partial charge is 0.237 e. The van der Waals surface area contributed by atoms with Crippen LogP contribution in [0.5, 0.6) is 0 Å². The fourth-order valence-electron chi connectivity index (χ4n) is 1.11. The van der Waals surface area contributed by atoms with Crippen molar-refractivity contribution in [3.8, 4) is 0 Å². The van der Waals surface area contributed by atoms with E-state index >= 15 is 0 Å². The van der Waals surface area contributed by atoms with Gasteiger partial charge < -0.3 is 4.90 Å². The fraction of sp³-hybridized carbons (Fsp3) is 0.250. The van der Waals surface area contributed by atoms with E-state index in [0.717, 1.165) is 5.41 Å². The first-order valence-corrected chi connectivity index (χ1v) is 7.36. The van der Waals surface area contributed by atoms with Gasteiger partial charge in [-0.1, -0.05) is 23.7 Å². The Hall–Kier alpha value is -1.37. The lowest BCUT2D eigenvalue weighted by Crippen LogP contribution is -2.35. The molecule has 0 aliphatic carbocycles. The molecular formula is C12H15ClN2O3S. The van der Waals surface area contributed by atoms with E-state index < -0.39 is 10.0 Å². The quantitative estimate of drug-likeness (QED) is 0.892. The monoisotopic (exact) mass is 302 g/mol. The van der Waals surface area contributed by atoms with Crippen molar-refractivity contribution in [3.05, 3.63) is 40.3 Å². The van der Waals surface area contributed by atoms with Crippen LogP contribution in [0.2, 0.25) is 5.02 Å². The van der Waals surface area contributed by atoms with Crippen LogP contribution < -0.4 is 4.72 Å². The highest BCUT2D eigenvalue weighted by molar-refractivity contribution is 7.92. The van der Waals surface area contributed by atoms with E-state index in [9.17, 15) is 13.2 Å². The molecule has 0 aliphatic heterocycles. The number of nitrogens with one attached hydrogen (secondary N) is 1. The average Bonchev–Trinajstić information content (AvgIpc) is 2.35. The third kappa shape index (κ3) is 5.87. The van der Waals surface area contributed by atoms with Gasteiger partial charge in [0.25, 0.3) is 0 Å². The third-order valence-corrected chi connectivity index (χ3v) is 3.53. The molecule has 0 spiro atoms. The van der Waals surface area contributed by atoms with Gasteiger partial charge in [-0.15, -0.1) is 0 Å². The van der Waals surface area contributed by atoms with Crippen LogP contribution >= 0.6 is 11.6 Å². The highest BCUT2D eigenvalue weighted by Gasteiger charge is 2.09. The second kappa shape index (κ2) is 6.70. The first kappa shape index (κ1) is 15.7. The van der Waals surface area contributed by atoms with Gasteiger partial charge in [-0.3, -0.25) is 4.79 Å². The molecule has 19 heavy (non-hydrogen) atoms. The van der Waals surface area contributed by atoms with Gasteiger partial charge in [-0.2, -0.15) is 0 Å². The van der Waals surface area contributed by atoms with E-state index in [1.807, 2.05) is 0 Å². The fourth-order valence-corrected chi connectivity index (χ4v) is 1.99. The van der Waals surface area contributed by atoms with Crippen LogP contribution in [0.25, 0.3) is 6.08 Å². The molecule has 5 nitrogen and oxygen atoms in total. The maximum absolute atomic E-state index is 11.6. The lowest BCUT2D eigenvalue weighted by Gasteiger charge is -2.09. The number of halogens is 1. The van der Waals surface area contributed by atoms with Gasteiger partial charge in [0.2, 0.25) is 15.9 Å². The Morgan fingerprint density at radius 1 is 1.32 bits per heavy atom. The molecule has 0 heterocycles. The highest BCUT2D eigenvalue weighted by atomic mass is 35.5. The van der Waals surface area contributed by atoms with Crippen LogP contribution in [0.3, 0.4) is 0 Å². The molecule has 0 aromatic heterocycles. The molecule has 1 aromatic carbocycles. The number of nitrogens with zero attached hydrogens (tertiary/aromatic N) is 1. The zero-order valence-electron chi connectivity index (χ0n) is 10.6. The summed E-state index contributed by atoms with van der Waals surface area (Å²) >= 11 is 5.72. The average molecular weight is 303 g/mol. The van der Waals surface area contributed by atoms with E-state index in [1.54, 1.807) is 38.4 Å². The van der Waals surface area contributed by atoms with E-state index in [-0.39, 0.29) is 12.5 Å². The molecule has 1 amide bonds. The van der Waals surface area contributed by atoms with Gasteiger partial charge >= 0.3 is 0 Å².